The first kappa shape index (κ1) is 10.2. The highest BCUT2D eigenvalue weighted by molar-refractivity contribution is 4.90. The smallest absolute Gasteiger partial charge is 0.0824 e. The van der Waals surface area contributed by atoms with Crippen LogP contribution in [-0.2, 0) is 13.0 Å². The van der Waals surface area contributed by atoms with E-state index in [0.29, 0.717) is 6.04 Å². The van der Waals surface area contributed by atoms with Gasteiger partial charge in [-0.05, 0) is 6.42 Å². The summed E-state index contributed by atoms with van der Waals surface area (Å²) in [4.78, 5) is 0. The minimum Gasteiger partial charge on any atom is -0.313 e. The lowest BCUT2D eigenvalue weighted by Gasteiger charge is -2.06. The second-order valence-corrected chi connectivity index (χ2v) is 3.44. The monoisotopic (exact) mass is 184 g/mol. The van der Waals surface area contributed by atoms with Gasteiger partial charge in [0.05, 0.1) is 12.2 Å². The maximum absolute atomic E-state index is 4.02. The average molecular weight is 184 g/mol. The van der Waals surface area contributed by atoms with Crippen molar-refractivity contribution < 1.29 is 1.43 Å². The minimum atomic E-state index is 0. The van der Waals surface area contributed by atoms with Crippen molar-refractivity contribution in [1.29, 1.82) is 0 Å². The Kier molecular flexibility index (Phi) is 3.89. The van der Waals surface area contributed by atoms with Crippen molar-refractivity contribution >= 4 is 0 Å². The summed E-state index contributed by atoms with van der Waals surface area (Å²) in [6.45, 7) is 8.20. The van der Waals surface area contributed by atoms with E-state index in [9.17, 15) is 0 Å². The lowest BCUT2D eigenvalue weighted by atomic mass is 10.4. The topological polar surface area (TPSA) is 42.7 Å². The molecule has 0 saturated carbocycles. The molecule has 0 atom stereocenters. The molecule has 0 bridgehead atoms. The molecule has 0 aliphatic rings. The molecule has 0 unspecified atom stereocenters. The molecule has 1 rings (SSSR count). The highest BCUT2D eigenvalue weighted by Crippen LogP contribution is 1.92. The van der Waals surface area contributed by atoms with Crippen LogP contribution in [0.1, 0.15) is 27.9 Å². The van der Waals surface area contributed by atoms with Crippen LogP contribution in [0.5, 0.6) is 0 Å². The number of nitrogens with one attached hydrogen (secondary N) is 1. The fourth-order valence-corrected chi connectivity index (χ4v) is 1.08. The number of rotatable bonds is 5. The Morgan fingerprint density at radius 2 is 2.38 bits per heavy atom. The van der Waals surface area contributed by atoms with E-state index in [4.69, 9.17) is 0 Å². The van der Waals surface area contributed by atoms with Crippen LogP contribution in [0.15, 0.2) is 6.20 Å². The molecule has 0 radical (unpaired) electrons. The highest BCUT2D eigenvalue weighted by Gasteiger charge is 1.97. The van der Waals surface area contributed by atoms with E-state index in [0.717, 1.165) is 25.2 Å². The Hall–Kier alpha value is -0.900. The first-order valence-corrected chi connectivity index (χ1v) is 4.84. The predicted octanol–water partition coefficient (Wildman–Crippen LogP) is 1.08. The minimum absolute atomic E-state index is 0. The van der Waals surface area contributed by atoms with Crippen LogP contribution in [0.25, 0.3) is 0 Å². The number of aromatic nitrogens is 3. The van der Waals surface area contributed by atoms with E-state index in [2.05, 4.69) is 36.4 Å². The molecule has 1 aromatic rings. The molecule has 1 aromatic heterocycles. The molecule has 13 heavy (non-hydrogen) atoms. The van der Waals surface area contributed by atoms with Gasteiger partial charge in [0.1, 0.15) is 0 Å². The van der Waals surface area contributed by atoms with Gasteiger partial charge in [-0.25, -0.2) is 0 Å². The summed E-state index contributed by atoms with van der Waals surface area (Å²) in [5.74, 6) is 0. The van der Waals surface area contributed by atoms with Gasteiger partial charge in [0.15, 0.2) is 0 Å². The molecular formula is C9H20N4. The number of nitrogens with zero attached hydrogens (tertiary/aromatic N) is 3. The van der Waals surface area contributed by atoms with E-state index >= 15 is 0 Å². The zero-order valence-electron chi connectivity index (χ0n) is 8.62. The van der Waals surface area contributed by atoms with Crippen LogP contribution < -0.4 is 5.32 Å². The van der Waals surface area contributed by atoms with Gasteiger partial charge in [-0.15, -0.1) is 5.10 Å². The molecule has 0 aliphatic heterocycles. The molecule has 1 heterocycles. The second-order valence-electron chi connectivity index (χ2n) is 3.44. The predicted molar refractivity (Wildman–Crippen MR) is 54.7 cm³/mol. The van der Waals surface area contributed by atoms with Crippen LogP contribution in [0, 0.1) is 0 Å². The third-order valence-corrected chi connectivity index (χ3v) is 1.84. The van der Waals surface area contributed by atoms with Crippen LogP contribution in [0.4, 0.5) is 0 Å². The largest absolute Gasteiger partial charge is 0.313 e. The Balaban J connectivity index is 0.00000169. The van der Waals surface area contributed by atoms with Crippen molar-refractivity contribution in [3.63, 3.8) is 0 Å². The second kappa shape index (κ2) is 4.97. The summed E-state index contributed by atoms with van der Waals surface area (Å²) in [6.07, 6.45) is 2.96. The highest BCUT2D eigenvalue weighted by atomic mass is 15.4. The standard InChI is InChI=1S/C9H18N4.H2/c1-4-9-7-13(12-11-9)6-5-10-8(2)3;/h7-8,10H,4-6H2,1-3H3;1H. The molecule has 4 heteroatoms. The summed E-state index contributed by atoms with van der Waals surface area (Å²) < 4.78 is 1.88. The summed E-state index contributed by atoms with van der Waals surface area (Å²) >= 11 is 0. The van der Waals surface area contributed by atoms with Crippen molar-refractivity contribution in [2.75, 3.05) is 6.54 Å². The zero-order valence-corrected chi connectivity index (χ0v) is 8.62. The fraction of sp³-hybridized carbons (Fsp3) is 0.778. The molecule has 0 fully saturated rings. The van der Waals surface area contributed by atoms with Crippen molar-refractivity contribution in [1.82, 2.24) is 20.3 Å². The first-order chi connectivity index (χ1) is 6.22. The average Bonchev–Trinajstić information content (AvgIpc) is 2.52. The zero-order chi connectivity index (χ0) is 9.68. The number of aryl methyl sites for hydroxylation is 1. The molecule has 1 N–H and O–H groups in total. The Morgan fingerprint density at radius 3 is 2.92 bits per heavy atom. The fourth-order valence-electron chi connectivity index (χ4n) is 1.08. The van der Waals surface area contributed by atoms with Gasteiger partial charge in [-0.1, -0.05) is 26.0 Å². The molecule has 0 saturated heterocycles. The van der Waals surface area contributed by atoms with E-state index in [1.807, 2.05) is 10.9 Å². The maximum atomic E-state index is 4.02. The lowest BCUT2D eigenvalue weighted by molar-refractivity contribution is 0.506. The van der Waals surface area contributed by atoms with E-state index in [1.54, 1.807) is 0 Å². The summed E-state index contributed by atoms with van der Waals surface area (Å²) in [5, 5.41) is 11.4. The van der Waals surface area contributed by atoms with Crippen LogP contribution >= 0.6 is 0 Å². The van der Waals surface area contributed by atoms with E-state index in [1.165, 1.54) is 0 Å². The lowest BCUT2D eigenvalue weighted by Crippen LogP contribution is -2.26. The van der Waals surface area contributed by atoms with Crippen LogP contribution in [-0.4, -0.2) is 27.6 Å². The van der Waals surface area contributed by atoms with E-state index < -0.39 is 0 Å². The third-order valence-electron chi connectivity index (χ3n) is 1.84. The molecular weight excluding hydrogens is 164 g/mol. The maximum Gasteiger partial charge on any atom is 0.0824 e. The molecule has 76 valence electrons. The van der Waals surface area contributed by atoms with Crippen molar-refractivity contribution in [3.05, 3.63) is 11.9 Å². The normalized spacial score (nSPS) is 11.1. The van der Waals surface area contributed by atoms with Crippen molar-refractivity contribution in [2.24, 2.45) is 0 Å². The van der Waals surface area contributed by atoms with Gasteiger partial charge in [0, 0.05) is 20.2 Å². The number of hydrogen-bond donors (Lipinski definition) is 1. The van der Waals surface area contributed by atoms with Gasteiger partial charge in [0.2, 0.25) is 0 Å². The van der Waals surface area contributed by atoms with Crippen LogP contribution in [0.2, 0.25) is 0 Å². The summed E-state index contributed by atoms with van der Waals surface area (Å²) in [7, 11) is 0. The molecule has 0 aromatic carbocycles. The van der Waals surface area contributed by atoms with E-state index in [-0.39, 0.29) is 1.43 Å². The molecule has 0 aliphatic carbocycles. The van der Waals surface area contributed by atoms with Crippen molar-refractivity contribution in [2.45, 2.75) is 39.8 Å². The number of hydrogen-bond acceptors (Lipinski definition) is 3. The Morgan fingerprint density at radius 1 is 1.62 bits per heavy atom. The SMILES string of the molecule is CCc1cn(CCNC(C)C)nn1.[HH]. The first-order valence-electron chi connectivity index (χ1n) is 4.84. The van der Waals surface area contributed by atoms with Crippen molar-refractivity contribution in [3.8, 4) is 0 Å². The summed E-state index contributed by atoms with van der Waals surface area (Å²) in [5.41, 5.74) is 1.06. The van der Waals surface area contributed by atoms with Gasteiger partial charge in [-0.2, -0.15) is 0 Å². The van der Waals surface area contributed by atoms with Gasteiger partial charge >= 0.3 is 0 Å². The van der Waals surface area contributed by atoms with Gasteiger partial charge in [0.25, 0.3) is 0 Å². The molecule has 0 amide bonds. The van der Waals surface area contributed by atoms with Gasteiger partial charge < -0.3 is 5.32 Å². The Bertz CT molecular complexity index is 247. The summed E-state index contributed by atoms with van der Waals surface area (Å²) in [6, 6.07) is 0.536. The third kappa shape index (κ3) is 3.55. The Labute approximate surface area is 80.8 Å². The van der Waals surface area contributed by atoms with Crippen LogP contribution in [0.3, 0.4) is 0 Å². The molecule has 0 spiro atoms. The quantitative estimate of drug-likeness (QED) is 0.744. The molecule has 4 nitrogen and oxygen atoms in total. The van der Waals surface area contributed by atoms with Gasteiger partial charge in [-0.3, -0.25) is 4.68 Å².